The third-order valence-corrected chi connectivity index (χ3v) is 2.73. The first kappa shape index (κ1) is 15.3. The molecule has 0 fully saturated rings. The molecule has 0 heterocycles. The molecule has 0 atom stereocenters. The van der Waals surface area contributed by atoms with Gasteiger partial charge in [-0.3, -0.25) is 0 Å². The summed E-state index contributed by atoms with van der Waals surface area (Å²) in [6, 6.07) is 6.40. The molecule has 1 aromatic carbocycles. The number of benzene rings is 1. The Morgan fingerprint density at radius 3 is 1.75 bits per heavy atom. The van der Waals surface area contributed by atoms with Gasteiger partial charge in [-0.05, 0) is 28.0 Å². The Balaban J connectivity index is 0.00000225. The lowest BCUT2D eigenvalue weighted by molar-refractivity contribution is 0.570. The van der Waals surface area contributed by atoms with E-state index in [-0.39, 0.29) is 23.2 Å². The molecule has 0 aromatic heterocycles. The van der Waals surface area contributed by atoms with Gasteiger partial charge in [0.1, 0.15) is 0 Å². The molecule has 92 valence electrons. The molecule has 0 saturated heterocycles. The van der Waals surface area contributed by atoms with Crippen molar-refractivity contribution in [3.63, 3.8) is 0 Å². The van der Waals surface area contributed by atoms with Crippen LogP contribution in [0.3, 0.4) is 0 Å². The monoisotopic (exact) mass is 241 g/mol. The zero-order valence-corrected chi connectivity index (χ0v) is 12.0. The molecule has 2 heteroatoms. The molecule has 1 aromatic rings. The van der Waals surface area contributed by atoms with Gasteiger partial charge in [0.15, 0.2) is 0 Å². The van der Waals surface area contributed by atoms with Gasteiger partial charge in [0, 0.05) is 5.69 Å². The fraction of sp³-hybridized carbons (Fsp3) is 0.571. The predicted octanol–water partition coefficient (Wildman–Crippen LogP) is 4.29. The summed E-state index contributed by atoms with van der Waals surface area (Å²) in [4.78, 5) is 0. The molecular formula is C14H24ClN. The van der Waals surface area contributed by atoms with E-state index in [4.69, 9.17) is 5.73 Å². The summed E-state index contributed by atoms with van der Waals surface area (Å²) in [6.45, 7) is 13.3. The maximum atomic E-state index is 6.02. The van der Waals surface area contributed by atoms with Crippen molar-refractivity contribution in [3.05, 3.63) is 29.3 Å². The highest BCUT2D eigenvalue weighted by Crippen LogP contribution is 2.32. The van der Waals surface area contributed by atoms with Crippen molar-refractivity contribution >= 4 is 18.1 Å². The van der Waals surface area contributed by atoms with Crippen LogP contribution < -0.4 is 5.73 Å². The summed E-state index contributed by atoms with van der Waals surface area (Å²) in [5, 5.41) is 0. The van der Waals surface area contributed by atoms with Crippen LogP contribution in [-0.4, -0.2) is 0 Å². The third-order valence-electron chi connectivity index (χ3n) is 2.73. The molecule has 1 nitrogen and oxygen atoms in total. The van der Waals surface area contributed by atoms with Crippen LogP contribution in [0, 0.1) is 0 Å². The second-order valence-electron chi connectivity index (χ2n) is 6.30. The van der Waals surface area contributed by atoms with Gasteiger partial charge < -0.3 is 5.73 Å². The van der Waals surface area contributed by atoms with Gasteiger partial charge in [0.2, 0.25) is 0 Å². The third kappa shape index (κ3) is 3.41. The second kappa shape index (κ2) is 4.67. The quantitative estimate of drug-likeness (QED) is 0.674. The van der Waals surface area contributed by atoms with Crippen LogP contribution in [0.5, 0.6) is 0 Å². The van der Waals surface area contributed by atoms with Crippen molar-refractivity contribution in [3.8, 4) is 0 Å². The summed E-state index contributed by atoms with van der Waals surface area (Å²) < 4.78 is 0. The minimum Gasteiger partial charge on any atom is -0.398 e. The highest BCUT2D eigenvalue weighted by atomic mass is 35.5. The van der Waals surface area contributed by atoms with Gasteiger partial charge in [0.05, 0.1) is 0 Å². The van der Waals surface area contributed by atoms with Crippen LogP contribution >= 0.6 is 12.4 Å². The first-order valence-electron chi connectivity index (χ1n) is 5.53. The van der Waals surface area contributed by atoms with E-state index >= 15 is 0 Å². The molecule has 0 aliphatic heterocycles. The summed E-state index contributed by atoms with van der Waals surface area (Å²) in [5.74, 6) is 0. The van der Waals surface area contributed by atoms with E-state index < -0.39 is 0 Å². The van der Waals surface area contributed by atoms with Crippen LogP contribution in [0.2, 0.25) is 0 Å². The average molecular weight is 242 g/mol. The first-order valence-corrected chi connectivity index (χ1v) is 5.53. The molecule has 0 amide bonds. The van der Waals surface area contributed by atoms with E-state index in [0.717, 1.165) is 5.69 Å². The van der Waals surface area contributed by atoms with E-state index in [2.05, 4.69) is 53.7 Å². The maximum absolute atomic E-state index is 6.02. The van der Waals surface area contributed by atoms with Crippen molar-refractivity contribution in [2.24, 2.45) is 0 Å². The molecule has 0 saturated carbocycles. The lowest BCUT2D eigenvalue weighted by Crippen LogP contribution is -2.17. The first-order chi connectivity index (χ1) is 6.62. The molecule has 0 unspecified atom stereocenters. The molecule has 0 radical (unpaired) electrons. The Hall–Kier alpha value is -0.690. The van der Waals surface area contributed by atoms with Gasteiger partial charge in [0.25, 0.3) is 0 Å². The number of rotatable bonds is 0. The molecule has 16 heavy (non-hydrogen) atoms. The Labute approximate surface area is 106 Å². The van der Waals surface area contributed by atoms with E-state index in [1.807, 2.05) is 6.07 Å². The smallest absolute Gasteiger partial charge is 0.0352 e. The number of hydrogen-bond acceptors (Lipinski definition) is 1. The Kier molecular flexibility index (Phi) is 4.46. The summed E-state index contributed by atoms with van der Waals surface area (Å²) in [7, 11) is 0. The molecule has 0 aliphatic carbocycles. The second-order valence-corrected chi connectivity index (χ2v) is 6.30. The van der Waals surface area contributed by atoms with Gasteiger partial charge in [-0.25, -0.2) is 0 Å². The Morgan fingerprint density at radius 1 is 0.875 bits per heavy atom. The molecule has 0 spiro atoms. The topological polar surface area (TPSA) is 26.0 Å². The Bertz CT molecular complexity index is 356. The van der Waals surface area contributed by atoms with Crippen LogP contribution in [0.1, 0.15) is 52.7 Å². The van der Waals surface area contributed by atoms with Crippen LogP contribution in [0.4, 0.5) is 5.69 Å². The number of nitrogen functional groups attached to an aromatic ring is 1. The van der Waals surface area contributed by atoms with Gasteiger partial charge in [-0.15, -0.1) is 12.4 Å². The van der Waals surface area contributed by atoms with Crippen molar-refractivity contribution in [1.29, 1.82) is 0 Å². The largest absolute Gasteiger partial charge is 0.398 e. The van der Waals surface area contributed by atoms with Crippen molar-refractivity contribution in [2.75, 3.05) is 5.73 Å². The lowest BCUT2D eigenvalue weighted by Gasteiger charge is -2.26. The number of hydrogen-bond donors (Lipinski definition) is 1. The van der Waals surface area contributed by atoms with E-state index in [1.54, 1.807) is 0 Å². The summed E-state index contributed by atoms with van der Waals surface area (Å²) in [6.07, 6.45) is 0. The SMILES string of the molecule is CC(C)(C)c1ccc(N)c(C(C)(C)C)c1.Cl. The van der Waals surface area contributed by atoms with Crippen molar-refractivity contribution in [1.82, 2.24) is 0 Å². The van der Waals surface area contributed by atoms with Gasteiger partial charge in [-0.2, -0.15) is 0 Å². The normalized spacial score (nSPS) is 12.1. The molecule has 2 N–H and O–H groups in total. The fourth-order valence-corrected chi connectivity index (χ4v) is 1.67. The van der Waals surface area contributed by atoms with Crippen molar-refractivity contribution < 1.29 is 0 Å². The van der Waals surface area contributed by atoms with Crippen LogP contribution in [0.25, 0.3) is 0 Å². The fourth-order valence-electron chi connectivity index (χ4n) is 1.67. The number of halogens is 1. The Morgan fingerprint density at radius 2 is 1.38 bits per heavy atom. The molecular weight excluding hydrogens is 218 g/mol. The molecule has 0 bridgehead atoms. The number of anilines is 1. The summed E-state index contributed by atoms with van der Waals surface area (Å²) in [5.41, 5.74) is 9.82. The van der Waals surface area contributed by atoms with E-state index in [9.17, 15) is 0 Å². The lowest BCUT2D eigenvalue weighted by atomic mass is 9.80. The van der Waals surface area contributed by atoms with E-state index in [0.29, 0.717) is 0 Å². The minimum atomic E-state index is 0. The van der Waals surface area contributed by atoms with E-state index in [1.165, 1.54) is 11.1 Å². The molecule has 1 rings (SSSR count). The number of nitrogens with two attached hydrogens (primary N) is 1. The minimum absolute atomic E-state index is 0. The average Bonchev–Trinajstić information content (AvgIpc) is 2.00. The van der Waals surface area contributed by atoms with Crippen LogP contribution in [0.15, 0.2) is 18.2 Å². The zero-order chi connectivity index (χ0) is 11.9. The van der Waals surface area contributed by atoms with Gasteiger partial charge >= 0.3 is 0 Å². The molecule has 0 aliphatic rings. The highest BCUT2D eigenvalue weighted by Gasteiger charge is 2.20. The standard InChI is InChI=1S/C14H23N.ClH/c1-13(2,3)10-7-8-12(15)11(9-10)14(4,5)6;/h7-9H,15H2,1-6H3;1H. The maximum Gasteiger partial charge on any atom is 0.0352 e. The van der Waals surface area contributed by atoms with Crippen molar-refractivity contribution in [2.45, 2.75) is 52.4 Å². The van der Waals surface area contributed by atoms with Gasteiger partial charge in [-0.1, -0.05) is 53.7 Å². The zero-order valence-electron chi connectivity index (χ0n) is 11.2. The highest BCUT2D eigenvalue weighted by molar-refractivity contribution is 5.85. The summed E-state index contributed by atoms with van der Waals surface area (Å²) >= 11 is 0. The van der Waals surface area contributed by atoms with Crippen LogP contribution in [-0.2, 0) is 10.8 Å². The predicted molar refractivity (Wildman–Crippen MR) is 75.5 cm³/mol.